The Hall–Kier alpha value is -2.83. The van der Waals surface area contributed by atoms with Crippen molar-refractivity contribution >= 4 is 11.6 Å². The van der Waals surface area contributed by atoms with Gasteiger partial charge in [-0.15, -0.1) is 5.10 Å². The molecule has 0 N–H and O–H groups in total. The van der Waals surface area contributed by atoms with Gasteiger partial charge in [-0.3, -0.25) is 4.79 Å². The van der Waals surface area contributed by atoms with Gasteiger partial charge in [-0.2, -0.15) is 0 Å². The van der Waals surface area contributed by atoms with Crippen LogP contribution in [0.25, 0.3) is 17.0 Å². The third-order valence-electron chi connectivity index (χ3n) is 3.36. The number of carbonyl (C=O) groups excluding carboxylic acids is 1. The lowest BCUT2D eigenvalue weighted by molar-refractivity contribution is -0.153. The minimum atomic E-state index is -0.637. The molecule has 0 fully saturated rings. The second-order valence-electron chi connectivity index (χ2n) is 6.65. The molecule has 7 heteroatoms. The predicted octanol–water partition coefficient (Wildman–Crippen LogP) is 3.56. The number of rotatable bonds is 3. The lowest BCUT2D eigenvalue weighted by atomic mass is 10.1. The highest BCUT2D eigenvalue weighted by Gasteiger charge is 2.19. The Balaban J connectivity index is 1.91. The average Bonchev–Trinajstić information content (AvgIpc) is 2.89. The van der Waals surface area contributed by atoms with Crippen molar-refractivity contribution in [3.8, 4) is 11.4 Å². The molecule has 3 aromatic rings. The monoisotopic (exact) mass is 345 g/mol. The van der Waals surface area contributed by atoms with Gasteiger partial charge in [-0.25, -0.2) is 18.3 Å². The summed E-state index contributed by atoms with van der Waals surface area (Å²) in [6, 6.07) is 7.15. The van der Waals surface area contributed by atoms with Gasteiger partial charge in [-0.1, -0.05) is 0 Å². The SMILES string of the molecule is CC(C)(C)OC(=O)Cc1cc2nc(-c3ccc(F)cc3)nn2cc1F. The first kappa shape index (κ1) is 17.0. The third-order valence-corrected chi connectivity index (χ3v) is 3.36. The van der Waals surface area contributed by atoms with E-state index in [-0.39, 0.29) is 17.8 Å². The molecule has 0 bridgehead atoms. The van der Waals surface area contributed by atoms with Crippen LogP contribution in [0, 0.1) is 11.6 Å². The molecular weight excluding hydrogens is 328 g/mol. The maximum atomic E-state index is 14.2. The number of pyridine rings is 1. The summed E-state index contributed by atoms with van der Waals surface area (Å²) in [5.74, 6) is -1.12. The Morgan fingerprint density at radius 3 is 2.52 bits per heavy atom. The highest BCUT2D eigenvalue weighted by Crippen LogP contribution is 2.19. The molecule has 0 radical (unpaired) electrons. The topological polar surface area (TPSA) is 56.5 Å². The van der Waals surface area contributed by atoms with Crippen LogP contribution in [-0.4, -0.2) is 26.2 Å². The second-order valence-corrected chi connectivity index (χ2v) is 6.65. The molecule has 0 unspecified atom stereocenters. The standard InChI is InChI=1S/C18H17F2N3O2/c1-18(2,3)25-16(24)9-12-8-15-21-17(22-23(15)10-14(12)20)11-4-6-13(19)7-5-11/h4-8,10H,9H2,1-3H3. The average molecular weight is 345 g/mol. The summed E-state index contributed by atoms with van der Waals surface area (Å²) in [5.41, 5.74) is 0.542. The van der Waals surface area contributed by atoms with E-state index in [1.165, 1.54) is 22.7 Å². The molecule has 0 aliphatic heterocycles. The number of ether oxygens (including phenoxy) is 1. The van der Waals surface area contributed by atoms with Crippen LogP contribution in [0.15, 0.2) is 36.5 Å². The summed E-state index contributed by atoms with van der Waals surface area (Å²) in [6.45, 7) is 5.24. The van der Waals surface area contributed by atoms with E-state index in [0.717, 1.165) is 6.20 Å². The molecule has 25 heavy (non-hydrogen) atoms. The molecule has 5 nitrogen and oxygen atoms in total. The minimum Gasteiger partial charge on any atom is -0.460 e. The summed E-state index contributed by atoms with van der Waals surface area (Å²) in [7, 11) is 0. The van der Waals surface area contributed by atoms with Crippen LogP contribution in [0.1, 0.15) is 26.3 Å². The van der Waals surface area contributed by atoms with Crippen molar-refractivity contribution in [2.45, 2.75) is 32.8 Å². The zero-order chi connectivity index (χ0) is 18.2. The van der Waals surface area contributed by atoms with Gasteiger partial charge in [0.25, 0.3) is 0 Å². The van der Waals surface area contributed by atoms with Gasteiger partial charge in [0.1, 0.15) is 17.2 Å². The molecule has 0 saturated heterocycles. The fourth-order valence-electron chi connectivity index (χ4n) is 2.33. The van der Waals surface area contributed by atoms with Crippen LogP contribution in [0.5, 0.6) is 0 Å². The Bertz CT molecular complexity index is 928. The summed E-state index contributed by atoms with van der Waals surface area (Å²) in [4.78, 5) is 16.2. The van der Waals surface area contributed by atoms with E-state index < -0.39 is 17.4 Å². The van der Waals surface area contributed by atoms with Crippen LogP contribution in [0.3, 0.4) is 0 Å². The van der Waals surface area contributed by atoms with Crippen LogP contribution in [-0.2, 0) is 16.0 Å². The van der Waals surface area contributed by atoms with Crippen molar-refractivity contribution in [2.24, 2.45) is 0 Å². The third kappa shape index (κ3) is 3.99. The first-order valence-electron chi connectivity index (χ1n) is 7.74. The molecule has 2 heterocycles. The summed E-state index contributed by atoms with van der Waals surface area (Å²) < 4.78 is 33.7. The first-order chi connectivity index (χ1) is 11.7. The smallest absolute Gasteiger partial charge is 0.310 e. The van der Waals surface area contributed by atoms with E-state index in [0.29, 0.717) is 17.0 Å². The normalized spacial score (nSPS) is 11.7. The Labute approximate surface area is 143 Å². The zero-order valence-electron chi connectivity index (χ0n) is 14.1. The molecule has 0 aliphatic rings. The predicted molar refractivity (Wildman–Crippen MR) is 87.9 cm³/mol. The molecule has 130 valence electrons. The summed E-state index contributed by atoms with van der Waals surface area (Å²) in [5, 5.41) is 4.18. The quantitative estimate of drug-likeness (QED) is 0.681. The maximum Gasteiger partial charge on any atom is 0.310 e. The molecule has 0 saturated carbocycles. The Morgan fingerprint density at radius 1 is 1.20 bits per heavy atom. The molecule has 0 aliphatic carbocycles. The van der Waals surface area contributed by atoms with Gasteiger partial charge in [0.15, 0.2) is 11.5 Å². The largest absolute Gasteiger partial charge is 0.460 e. The number of aromatic nitrogens is 3. The van der Waals surface area contributed by atoms with Gasteiger partial charge in [0, 0.05) is 11.1 Å². The van der Waals surface area contributed by atoms with E-state index in [1.807, 2.05) is 0 Å². The highest BCUT2D eigenvalue weighted by atomic mass is 19.1. The number of carbonyl (C=O) groups is 1. The van der Waals surface area contributed by atoms with E-state index >= 15 is 0 Å². The summed E-state index contributed by atoms with van der Waals surface area (Å²) in [6.07, 6.45) is 0.966. The zero-order valence-corrected chi connectivity index (χ0v) is 14.1. The molecule has 0 amide bonds. The number of hydrogen-bond acceptors (Lipinski definition) is 4. The number of halogens is 2. The Morgan fingerprint density at radius 2 is 1.88 bits per heavy atom. The van der Waals surface area contributed by atoms with Crippen LogP contribution < -0.4 is 0 Å². The lowest BCUT2D eigenvalue weighted by Gasteiger charge is -2.19. The van der Waals surface area contributed by atoms with Crippen molar-refractivity contribution in [2.75, 3.05) is 0 Å². The van der Waals surface area contributed by atoms with E-state index in [9.17, 15) is 13.6 Å². The Kier molecular flexibility index (Phi) is 4.24. The number of esters is 1. The second kappa shape index (κ2) is 6.23. The van der Waals surface area contributed by atoms with E-state index in [4.69, 9.17) is 4.74 Å². The number of fused-ring (bicyclic) bond motifs is 1. The van der Waals surface area contributed by atoms with Crippen LogP contribution >= 0.6 is 0 Å². The molecule has 3 rings (SSSR count). The molecule has 2 aromatic heterocycles. The van der Waals surface area contributed by atoms with Crippen molar-refractivity contribution in [3.63, 3.8) is 0 Å². The van der Waals surface area contributed by atoms with Gasteiger partial charge < -0.3 is 4.74 Å². The number of hydrogen-bond donors (Lipinski definition) is 0. The fourth-order valence-corrected chi connectivity index (χ4v) is 2.33. The number of nitrogens with zero attached hydrogens (tertiary/aromatic N) is 3. The lowest BCUT2D eigenvalue weighted by Crippen LogP contribution is -2.25. The van der Waals surface area contributed by atoms with Gasteiger partial charge >= 0.3 is 5.97 Å². The van der Waals surface area contributed by atoms with E-state index in [2.05, 4.69) is 10.1 Å². The molecule has 0 atom stereocenters. The first-order valence-corrected chi connectivity index (χ1v) is 7.74. The summed E-state index contributed by atoms with van der Waals surface area (Å²) >= 11 is 0. The molecular formula is C18H17F2N3O2. The van der Waals surface area contributed by atoms with E-state index in [1.54, 1.807) is 32.9 Å². The number of benzene rings is 1. The van der Waals surface area contributed by atoms with Crippen molar-refractivity contribution < 1.29 is 18.3 Å². The maximum absolute atomic E-state index is 14.2. The molecule has 0 spiro atoms. The van der Waals surface area contributed by atoms with Gasteiger partial charge in [0.05, 0.1) is 12.6 Å². The van der Waals surface area contributed by atoms with Crippen molar-refractivity contribution in [1.29, 1.82) is 0 Å². The van der Waals surface area contributed by atoms with Gasteiger partial charge in [0.2, 0.25) is 0 Å². The highest BCUT2D eigenvalue weighted by molar-refractivity contribution is 5.73. The van der Waals surface area contributed by atoms with Gasteiger partial charge in [-0.05, 0) is 51.1 Å². The minimum absolute atomic E-state index is 0.180. The van der Waals surface area contributed by atoms with Crippen LogP contribution in [0.4, 0.5) is 8.78 Å². The fraction of sp³-hybridized carbons (Fsp3) is 0.278. The molecule has 1 aromatic carbocycles. The van der Waals surface area contributed by atoms with Crippen LogP contribution in [0.2, 0.25) is 0 Å². The van der Waals surface area contributed by atoms with Crippen molar-refractivity contribution in [1.82, 2.24) is 14.6 Å². The van der Waals surface area contributed by atoms with Crippen molar-refractivity contribution in [3.05, 3.63) is 53.7 Å².